The third kappa shape index (κ3) is 3.25. The minimum atomic E-state index is -2.02. The van der Waals surface area contributed by atoms with Crippen LogP contribution in [0.4, 0.5) is 0 Å². The van der Waals surface area contributed by atoms with Crippen LogP contribution >= 0.6 is 0 Å². The Kier molecular flexibility index (Phi) is 5.91. The molecule has 0 radical (unpaired) electrons. The molecule has 0 aromatic heterocycles. The molecule has 0 saturated heterocycles. The molecule has 0 spiro atoms. The zero-order valence-corrected chi connectivity index (χ0v) is 14.1. The molecular weight excluding hydrogens is 252 g/mol. The van der Waals surface area contributed by atoms with Crippen LogP contribution in [0.25, 0.3) is 0 Å². The largest absolute Gasteiger partial charge is 0.394 e. The predicted octanol–water partition coefficient (Wildman–Crippen LogP) is 5.03. The summed E-state index contributed by atoms with van der Waals surface area (Å²) in [5.41, 5.74) is 1.50. The standard InChI is InChI=1S/C16H32O2Si/c1-4-17-19(18-5-2,15-11-7-6-8-12-15)16-13-9-10-14(16)3/h14-16H,4-13H2,1-3H3. The van der Waals surface area contributed by atoms with E-state index in [9.17, 15) is 0 Å². The molecule has 2 rings (SSSR count). The molecular formula is C16H32O2Si. The molecule has 2 atom stereocenters. The van der Waals surface area contributed by atoms with E-state index in [1.807, 2.05) is 0 Å². The Morgan fingerprint density at radius 1 is 0.842 bits per heavy atom. The van der Waals surface area contributed by atoms with Gasteiger partial charge in [0, 0.05) is 24.3 Å². The number of hydrogen-bond donors (Lipinski definition) is 0. The average Bonchev–Trinajstić information content (AvgIpc) is 2.86. The van der Waals surface area contributed by atoms with Gasteiger partial charge in [-0.05, 0) is 39.0 Å². The van der Waals surface area contributed by atoms with Crippen LogP contribution in [0.2, 0.25) is 11.1 Å². The summed E-state index contributed by atoms with van der Waals surface area (Å²) in [5, 5.41) is 0. The number of rotatable bonds is 6. The first kappa shape index (κ1) is 15.5. The van der Waals surface area contributed by atoms with Crippen molar-refractivity contribution in [2.24, 2.45) is 5.92 Å². The average molecular weight is 285 g/mol. The van der Waals surface area contributed by atoms with Crippen LogP contribution in [0, 0.1) is 5.92 Å². The summed E-state index contributed by atoms with van der Waals surface area (Å²) in [6, 6.07) is 0. The molecule has 0 amide bonds. The van der Waals surface area contributed by atoms with Crippen LogP contribution < -0.4 is 0 Å². The van der Waals surface area contributed by atoms with Gasteiger partial charge in [-0.1, -0.05) is 39.0 Å². The highest BCUT2D eigenvalue weighted by atomic mass is 28.4. The van der Waals surface area contributed by atoms with Crippen molar-refractivity contribution in [3.63, 3.8) is 0 Å². The van der Waals surface area contributed by atoms with Gasteiger partial charge in [0.05, 0.1) is 0 Å². The molecule has 2 nitrogen and oxygen atoms in total. The molecule has 2 fully saturated rings. The summed E-state index contributed by atoms with van der Waals surface area (Å²) in [6.07, 6.45) is 11.0. The predicted molar refractivity (Wildman–Crippen MR) is 82.6 cm³/mol. The SMILES string of the molecule is CCO[Si](OCC)(C1CCCCC1)C1CCCC1C. The molecule has 0 aliphatic heterocycles. The van der Waals surface area contributed by atoms with E-state index in [4.69, 9.17) is 8.85 Å². The van der Waals surface area contributed by atoms with Gasteiger partial charge in [0.25, 0.3) is 0 Å². The third-order valence-corrected chi connectivity index (χ3v) is 10.4. The Hall–Kier alpha value is 0.137. The van der Waals surface area contributed by atoms with Crippen LogP contribution in [-0.2, 0) is 8.85 Å². The van der Waals surface area contributed by atoms with Gasteiger partial charge in [0.1, 0.15) is 0 Å². The maximum Gasteiger partial charge on any atom is 0.344 e. The maximum atomic E-state index is 6.48. The van der Waals surface area contributed by atoms with Crippen molar-refractivity contribution in [1.29, 1.82) is 0 Å². The van der Waals surface area contributed by atoms with Gasteiger partial charge in [0.15, 0.2) is 0 Å². The first-order valence-electron chi connectivity index (χ1n) is 8.52. The van der Waals surface area contributed by atoms with E-state index < -0.39 is 8.56 Å². The third-order valence-electron chi connectivity index (χ3n) is 5.29. The molecule has 112 valence electrons. The lowest BCUT2D eigenvalue weighted by molar-refractivity contribution is 0.148. The summed E-state index contributed by atoms with van der Waals surface area (Å²) in [7, 11) is -2.02. The smallest absolute Gasteiger partial charge is 0.344 e. The van der Waals surface area contributed by atoms with Gasteiger partial charge in [-0.15, -0.1) is 0 Å². The van der Waals surface area contributed by atoms with Crippen LogP contribution in [0.3, 0.4) is 0 Å². The quantitative estimate of drug-likeness (QED) is 0.637. The molecule has 2 saturated carbocycles. The Labute approximate surface area is 120 Å². The minimum Gasteiger partial charge on any atom is -0.394 e. The Morgan fingerprint density at radius 3 is 1.95 bits per heavy atom. The fraction of sp³-hybridized carbons (Fsp3) is 1.00. The van der Waals surface area contributed by atoms with Crippen molar-refractivity contribution in [3.05, 3.63) is 0 Å². The molecule has 19 heavy (non-hydrogen) atoms. The summed E-state index contributed by atoms with van der Waals surface area (Å²) >= 11 is 0. The second-order valence-corrected chi connectivity index (χ2v) is 10.0. The van der Waals surface area contributed by atoms with Gasteiger partial charge in [-0.25, -0.2) is 0 Å². The van der Waals surface area contributed by atoms with E-state index in [2.05, 4.69) is 20.8 Å². The zero-order chi connectivity index (χ0) is 13.7. The first-order valence-corrected chi connectivity index (χ1v) is 10.5. The second kappa shape index (κ2) is 7.23. The fourth-order valence-corrected chi connectivity index (χ4v) is 9.76. The molecule has 0 aromatic rings. The second-order valence-electron chi connectivity index (χ2n) is 6.44. The topological polar surface area (TPSA) is 18.5 Å². The van der Waals surface area contributed by atoms with E-state index in [0.29, 0.717) is 0 Å². The van der Waals surface area contributed by atoms with Gasteiger partial charge in [-0.2, -0.15) is 0 Å². The Morgan fingerprint density at radius 2 is 1.47 bits per heavy atom. The lowest BCUT2D eigenvalue weighted by Crippen LogP contribution is -2.52. The van der Waals surface area contributed by atoms with E-state index in [1.54, 1.807) is 0 Å². The lowest BCUT2D eigenvalue weighted by Gasteiger charge is -2.44. The summed E-state index contributed by atoms with van der Waals surface area (Å²) < 4.78 is 13.0. The maximum absolute atomic E-state index is 6.48. The molecule has 2 aliphatic rings. The first-order chi connectivity index (χ1) is 9.24. The van der Waals surface area contributed by atoms with E-state index in [0.717, 1.165) is 30.2 Å². The monoisotopic (exact) mass is 284 g/mol. The van der Waals surface area contributed by atoms with Crippen molar-refractivity contribution in [2.45, 2.75) is 83.2 Å². The number of hydrogen-bond acceptors (Lipinski definition) is 2. The molecule has 2 aliphatic carbocycles. The molecule has 3 heteroatoms. The van der Waals surface area contributed by atoms with Crippen LogP contribution in [0.5, 0.6) is 0 Å². The molecule has 2 unspecified atom stereocenters. The molecule has 0 aromatic carbocycles. The highest BCUT2D eigenvalue weighted by Gasteiger charge is 2.54. The van der Waals surface area contributed by atoms with Crippen LogP contribution in [0.15, 0.2) is 0 Å². The minimum absolute atomic E-state index is 0.746. The van der Waals surface area contributed by atoms with Gasteiger partial charge in [-0.3, -0.25) is 0 Å². The fourth-order valence-electron chi connectivity index (χ4n) is 4.49. The normalized spacial score (nSPS) is 29.8. The van der Waals surface area contributed by atoms with Gasteiger partial charge in [0.2, 0.25) is 0 Å². The van der Waals surface area contributed by atoms with E-state index in [-0.39, 0.29) is 0 Å². The van der Waals surface area contributed by atoms with Crippen molar-refractivity contribution >= 4 is 8.56 Å². The van der Waals surface area contributed by atoms with Crippen molar-refractivity contribution < 1.29 is 8.85 Å². The summed E-state index contributed by atoms with van der Waals surface area (Å²) in [4.78, 5) is 0. The highest BCUT2D eigenvalue weighted by Crippen LogP contribution is 2.52. The van der Waals surface area contributed by atoms with Crippen LogP contribution in [-0.4, -0.2) is 21.8 Å². The van der Waals surface area contributed by atoms with Crippen LogP contribution in [0.1, 0.15) is 72.1 Å². The molecule has 0 heterocycles. The molecule has 0 bridgehead atoms. The summed E-state index contributed by atoms with van der Waals surface area (Å²) in [6.45, 7) is 8.42. The Bertz CT molecular complexity index is 257. The molecule has 0 N–H and O–H groups in total. The van der Waals surface area contributed by atoms with Crippen molar-refractivity contribution in [3.8, 4) is 0 Å². The zero-order valence-electron chi connectivity index (χ0n) is 13.1. The van der Waals surface area contributed by atoms with Gasteiger partial charge >= 0.3 is 8.56 Å². The van der Waals surface area contributed by atoms with Crippen molar-refractivity contribution in [1.82, 2.24) is 0 Å². The van der Waals surface area contributed by atoms with E-state index >= 15 is 0 Å². The Balaban J connectivity index is 2.22. The summed E-state index contributed by atoms with van der Waals surface area (Å²) in [5.74, 6) is 0.812. The lowest BCUT2D eigenvalue weighted by atomic mass is 10.0. The van der Waals surface area contributed by atoms with Gasteiger partial charge < -0.3 is 8.85 Å². The highest BCUT2D eigenvalue weighted by molar-refractivity contribution is 6.70. The van der Waals surface area contributed by atoms with Crippen molar-refractivity contribution in [2.75, 3.05) is 13.2 Å². The van der Waals surface area contributed by atoms with E-state index in [1.165, 1.54) is 51.4 Å².